The quantitative estimate of drug-likeness (QED) is 0.701. The summed E-state index contributed by atoms with van der Waals surface area (Å²) in [6, 6.07) is -0.616. The number of hydrogen-bond acceptors (Lipinski definition) is 6. The standard InChI is InChI=1S/C20H32ClN5O3/c1-12-15(16(22)25-18(21)23-12)7-6-14-8-10-26(11-9-14)17(27)13(2)24-19(28)29-20(3,4)5/h13-14H,6-11H2,1-5H3,(H,24,28)(H2,22,23,25)/t13-/m0/s1. The van der Waals surface area contributed by atoms with Crippen LogP contribution < -0.4 is 11.1 Å². The van der Waals surface area contributed by atoms with Crippen molar-refractivity contribution in [3.8, 4) is 0 Å². The van der Waals surface area contributed by atoms with E-state index in [1.807, 2.05) is 11.8 Å². The molecule has 29 heavy (non-hydrogen) atoms. The zero-order valence-corrected chi connectivity index (χ0v) is 18.7. The molecule has 162 valence electrons. The van der Waals surface area contributed by atoms with Crippen molar-refractivity contribution in [1.29, 1.82) is 0 Å². The maximum Gasteiger partial charge on any atom is 0.408 e. The van der Waals surface area contributed by atoms with Crippen LogP contribution in [0.2, 0.25) is 5.28 Å². The van der Waals surface area contributed by atoms with Crippen LogP contribution in [0.5, 0.6) is 0 Å². The van der Waals surface area contributed by atoms with Crippen molar-refractivity contribution in [2.75, 3.05) is 18.8 Å². The number of alkyl carbamates (subject to hydrolysis) is 1. The van der Waals surface area contributed by atoms with Crippen LogP contribution in [0.15, 0.2) is 0 Å². The molecule has 0 unspecified atom stereocenters. The van der Waals surface area contributed by atoms with Crippen LogP contribution >= 0.6 is 11.6 Å². The number of rotatable bonds is 5. The van der Waals surface area contributed by atoms with Crippen LogP contribution in [-0.2, 0) is 16.0 Å². The predicted octanol–water partition coefficient (Wildman–Crippen LogP) is 3.11. The van der Waals surface area contributed by atoms with Gasteiger partial charge >= 0.3 is 6.09 Å². The van der Waals surface area contributed by atoms with Gasteiger partial charge in [0.1, 0.15) is 17.5 Å². The van der Waals surface area contributed by atoms with Gasteiger partial charge in [0, 0.05) is 24.3 Å². The highest BCUT2D eigenvalue weighted by Crippen LogP contribution is 2.25. The van der Waals surface area contributed by atoms with Gasteiger partial charge in [-0.15, -0.1) is 0 Å². The first kappa shape index (κ1) is 23.2. The summed E-state index contributed by atoms with van der Waals surface area (Å²) in [6.45, 7) is 10.3. The van der Waals surface area contributed by atoms with Gasteiger partial charge < -0.3 is 20.7 Å². The number of nitrogen functional groups attached to an aromatic ring is 1. The highest BCUT2D eigenvalue weighted by atomic mass is 35.5. The molecule has 2 rings (SSSR count). The Bertz CT molecular complexity index is 719. The summed E-state index contributed by atoms with van der Waals surface area (Å²) in [6.07, 6.45) is 3.01. The number of aromatic nitrogens is 2. The summed E-state index contributed by atoms with van der Waals surface area (Å²) in [7, 11) is 0. The van der Waals surface area contributed by atoms with Gasteiger partial charge in [0.05, 0.1) is 0 Å². The number of ether oxygens (including phenoxy) is 1. The summed E-state index contributed by atoms with van der Waals surface area (Å²) >= 11 is 5.83. The normalized spacial score (nSPS) is 16.4. The van der Waals surface area contributed by atoms with Crippen LogP contribution in [0.25, 0.3) is 0 Å². The fraction of sp³-hybridized carbons (Fsp3) is 0.700. The molecule has 0 aromatic carbocycles. The summed E-state index contributed by atoms with van der Waals surface area (Å²) in [4.78, 5) is 34.5. The summed E-state index contributed by atoms with van der Waals surface area (Å²) < 4.78 is 5.21. The summed E-state index contributed by atoms with van der Waals surface area (Å²) in [5, 5.41) is 2.79. The number of nitrogens with two attached hydrogens (primary N) is 1. The molecular weight excluding hydrogens is 394 g/mol. The molecule has 8 nitrogen and oxygen atoms in total. The number of anilines is 1. The Morgan fingerprint density at radius 1 is 1.31 bits per heavy atom. The Hall–Kier alpha value is -2.09. The molecule has 0 spiro atoms. The maximum atomic E-state index is 12.6. The number of likely N-dealkylation sites (tertiary alicyclic amines) is 1. The van der Waals surface area contributed by atoms with E-state index in [0.717, 1.165) is 36.9 Å². The van der Waals surface area contributed by atoms with Crippen molar-refractivity contribution in [3.63, 3.8) is 0 Å². The lowest BCUT2D eigenvalue weighted by atomic mass is 9.90. The van der Waals surface area contributed by atoms with Crippen LogP contribution in [0.4, 0.5) is 10.6 Å². The number of hydrogen-bond donors (Lipinski definition) is 2. The molecule has 1 saturated heterocycles. The summed E-state index contributed by atoms with van der Waals surface area (Å²) in [5.74, 6) is 0.861. The van der Waals surface area contributed by atoms with Gasteiger partial charge in [-0.1, -0.05) is 0 Å². The third kappa shape index (κ3) is 7.03. The minimum atomic E-state index is -0.616. The molecule has 9 heteroatoms. The second kappa shape index (κ2) is 9.61. The molecule has 2 heterocycles. The lowest BCUT2D eigenvalue weighted by Gasteiger charge is -2.34. The zero-order chi connectivity index (χ0) is 21.8. The first-order chi connectivity index (χ1) is 13.5. The molecule has 1 aromatic heterocycles. The molecule has 1 aromatic rings. The average Bonchev–Trinajstić information content (AvgIpc) is 2.59. The molecule has 1 atom stereocenters. The Balaban J connectivity index is 1.80. The lowest BCUT2D eigenvalue weighted by molar-refractivity contribution is -0.134. The monoisotopic (exact) mass is 425 g/mol. The number of carbonyl (C=O) groups excluding carboxylic acids is 2. The molecule has 1 fully saturated rings. The molecule has 0 bridgehead atoms. The molecule has 0 aliphatic carbocycles. The van der Waals surface area contributed by atoms with Crippen LogP contribution in [0.1, 0.15) is 58.2 Å². The number of amides is 2. The molecule has 1 aliphatic rings. The number of halogens is 1. The number of nitrogens with zero attached hydrogens (tertiary/aromatic N) is 3. The molecule has 1 aliphatic heterocycles. The second-order valence-corrected chi connectivity index (χ2v) is 8.96. The van der Waals surface area contributed by atoms with Gasteiger partial charge in [-0.05, 0) is 77.8 Å². The molecule has 0 radical (unpaired) electrons. The number of piperidine rings is 1. The fourth-order valence-electron chi connectivity index (χ4n) is 3.50. The zero-order valence-electron chi connectivity index (χ0n) is 17.9. The molecule has 0 saturated carbocycles. The molecule has 3 N–H and O–H groups in total. The van der Waals surface area contributed by atoms with Crippen molar-refractivity contribution >= 4 is 29.4 Å². The van der Waals surface area contributed by atoms with Crippen LogP contribution in [0.3, 0.4) is 0 Å². The van der Waals surface area contributed by atoms with E-state index in [0.29, 0.717) is 24.8 Å². The third-order valence-electron chi connectivity index (χ3n) is 5.05. The van der Waals surface area contributed by atoms with E-state index in [-0.39, 0.29) is 11.2 Å². The van der Waals surface area contributed by atoms with Crippen molar-refractivity contribution in [2.45, 2.75) is 71.9 Å². The maximum absolute atomic E-state index is 12.6. The van der Waals surface area contributed by atoms with Crippen molar-refractivity contribution in [3.05, 3.63) is 16.5 Å². The topological polar surface area (TPSA) is 110 Å². The van der Waals surface area contributed by atoms with E-state index >= 15 is 0 Å². The smallest absolute Gasteiger partial charge is 0.408 e. The van der Waals surface area contributed by atoms with Gasteiger partial charge in [0.2, 0.25) is 11.2 Å². The largest absolute Gasteiger partial charge is 0.444 e. The Morgan fingerprint density at radius 3 is 2.48 bits per heavy atom. The average molecular weight is 426 g/mol. The Morgan fingerprint density at radius 2 is 1.93 bits per heavy atom. The molecular formula is C20H32ClN5O3. The van der Waals surface area contributed by atoms with E-state index in [1.54, 1.807) is 27.7 Å². The van der Waals surface area contributed by atoms with Crippen molar-refractivity contribution < 1.29 is 14.3 Å². The minimum absolute atomic E-state index is 0.0829. The van der Waals surface area contributed by atoms with Crippen LogP contribution in [-0.4, -0.2) is 51.6 Å². The highest BCUT2D eigenvalue weighted by Gasteiger charge is 2.28. The Kier molecular flexibility index (Phi) is 7.68. The highest BCUT2D eigenvalue weighted by molar-refractivity contribution is 6.28. The van der Waals surface area contributed by atoms with Gasteiger partial charge in [0.25, 0.3) is 0 Å². The second-order valence-electron chi connectivity index (χ2n) is 8.62. The van der Waals surface area contributed by atoms with Gasteiger partial charge in [-0.25, -0.2) is 14.8 Å². The van der Waals surface area contributed by atoms with Gasteiger partial charge in [-0.3, -0.25) is 4.79 Å². The van der Waals surface area contributed by atoms with Gasteiger partial charge in [0.15, 0.2) is 0 Å². The van der Waals surface area contributed by atoms with E-state index < -0.39 is 17.7 Å². The number of aryl methyl sites for hydroxylation is 1. The van der Waals surface area contributed by atoms with Crippen LogP contribution in [0, 0.1) is 12.8 Å². The van der Waals surface area contributed by atoms with E-state index in [4.69, 9.17) is 22.1 Å². The predicted molar refractivity (Wildman–Crippen MR) is 113 cm³/mol. The van der Waals surface area contributed by atoms with E-state index in [1.165, 1.54) is 0 Å². The van der Waals surface area contributed by atoms with E-state index in [9.17, 15) is 9.59 Å². The van der Waals surface area contributed by atoms with E-state index in [2.05, 4.69) is 15.3 Å². The fourth-order valence-corrected chi connectivity index (χ4v) is 3.72. The molecule has 2 amide bonds. The number of nitrogens with one attached hydrogen (secondary N) is 1. The summed E-state index contributed by atoms with van der Waals surface area (Å²) in [5.41, 5.74) is 7.15. The van der Waals surface area contributed by atoms with Gasteiger partial charge in [-0.2, -0.15) is 0 Å². The van der Waals surface area contributed by atoms with Crippen molar-refractivity contribution in [2.24, 2.45) is 5.92 Å². The number of carbonyl (C=O) groups is 2. The first-order valence-corrected chi connectivity index (χ1v) is 10.4. The van der Waals surface area contributed by atoms with Crippen molar-refractivity contribution in [1.82, 2.24) is 20.2 Å². The third-order valence-corrected chi connectivity index (χ3v) is 5.22. The Labute approximate surface area is 177 Å². The lowest BCUT2D eigenvalue weighted by Crippen LogP contribution is -2.50. The minimum Gasteiger partial charge on any atom is -0.444 e. The first-order valence-electron chi connectivity index (χ1n) is 10.0. The SMILES string of the molecule is Cc1nc(Cl)nc(N)c1CCC1CCN(C(=O)[C@H](C)NC(=O)OC(C)(C)C)CC1.